The fourth-order valence-electron chi connectivity index (χ4n) is 3.12. The van der Waals surface area contributed by atoms with Gasteiger partial charge in [-0.3, -0.25) is 0 Å². The first-order chi connectivity index (χ1) is 7.21. The van der Waals surface area contributed by atoms with E-state index in [1.165, 1.54) is 24.1 Å². The summed E-state index contributed by atoms with van der Waals surface area (Å²) in [5.41, 5.74) is 4.75. The third-order valence-corrected chi connectivity index (χ3v) is 3.93. The molecule has 0 radical (unpaired) electrons. The molecule has 0 spiro atoms. The van der Waals surface area contributed by atoms with E-state index in [0.29, 0.717) is 5.92 Å². The summed E-state index contributed by atoms with van der Waals surface area (Å²) in [4.78, 5) is 3.43. The number of rotatable bonds is 0. The van der Waals surface area contributed by atoms with E-state index in [-0.39, 0.29) is 5.41 Å². The van der Waals surface area contributed by atoms with Gasteiger partial charge in [0, 0.05) is 23.2 Å². The van der Waals surface area contributed by atoms with Crippen LogP contribution in [0.25, 0.3) is 0 Å². The zero-order valence-corrected chi connectivity index (χ0v) is 9.38. The SMILES string of the molecule is CC1(C)C2=CC=CCCC2c2[nH]ccc21. The third kappa shape index (κ3) is 1.09. The Kier molecular flexibility index (Phi) is 1.73. The Morgan fingerprint density at radius 3 is 3.13 bits per heavy atom. The molecule has 0 saturated carbocycles. The van der Waals surface area contributed by atoms with E-state index in [9.17, 15) is 0 Å². The van der Waals surface area contributed by atoms with Crippen molar-refractivity contribution in [2.45, 2.75) is 38.0 Å². The van der Waals surface area contributed by atoms with Gasteiger partial charge in [0.15, 0.2) is 0 Å². The lowest BCUT2D eigenvalue weighted by molar-refractivity contribution is 0.599. The van der Waals surface area contributed by atoms with Crippen LogP contribution in [0.3, 0.4) is 0 Å². The summed E-state index contributed by atoms with van der Waals surface area (Å²) >= 11 is 0. The van der Waals surface area contributed by atoms with Crippen molar-refractivity contribution in [3.05, 3.63) is 47.3 Å². The number of aromatic nitrogens is 1. The Labute approximate surface area is 90.9 Å². The minimum absolute atomic E-state index is 0.217. The highest BCUT2D eigenvalue weighted by Gasteiger charge is 2.41. The summed E-state index contributed by atoms with van der Waals surface area (Å²) < 4.78 is 0. The van der Waals surface area contributed by atoms with Gasteiger partial charge >= 0.3 is 0 Å². The molecule has 0 fully saturated rings. The number of hydrogen-bond acceptors (Lipinski definition) is 0. The molecule has 1 aromatic heterocycles. The second kappa shape index (κ2) is 2.88. The lowest BCUT2D eigenvalue weighted by atomic mass is 9.80. The number of H-pyrrole nitrogens is 1. The number of fused-ring (bicyclic) bond motifs is 3. The van der Waals surface area contributed by atoms with E-state index in [4.69, 9.17) is 0 Å². The van der Waals surface area contributed by atoms with Crippen molar-refractivity contribution in [2.24, 2.45) is 0 Å². The van der Waals surface area contributed by atoms with E-state index < -0.39 is 0 Å². The molecule has 0 bridgehead atoms. The van der Waals surface area contributed by atoms with Gasteiger partial charge in [0.25, 0.3) is 0 Å². The molecule has 2 aliphatic carbocycles. The van der Waals surface area contributed by atoms with Gasteiger partial charge < -0.3 is 4.98 Å². The largest absolute Gasteiger partial charge is 0.364 e. The monoisotopic (exact) mass is 199 g/mol. The van der Waals surface area contributed by atoms with E-state index in [2.05, 4.69) is 49.3 Å². The molecule has 1 heteroatoms. The second-order valence-corrected chi connectivity index (χ2v) is 5.11. The predicted molar refractivity (Wildman–Crippen MR) is 63.0 cm³/mol. The van der Waals surface area contributed by atoms with E-state index in [1.54, 1.807) is 5.57 Å². The fourth-order valence-corrected chi connectivity index (χ4v) is 3.12. The molecule has 1 aromatic rings. The van der Waals surface area contributed by atoms with E-state index >= 15 is 0 Å². The molecule has 0 saturated heterocycles. The summed E-state index contributed by atoms with van der Waals surface area (Å²) in [6, 6.07) is 2.24. The molecule has 0 aliphatic heterocycles. The van der Waals surface area contributed by atoms with Crippen LogP contribution in [0.15, 0.2) is 36.1 Å². The van der Waals surface area contributed by atoms with Crippen LogP contribution >= 0.6 is 0 Å². The minimum Gasteiger partial charge on any atom is -0.364 e. The van der Waals surface area contributed by atoms with Gasteiger partial charge in [-0.25, -0.2) is 0 Å². The van der Waals surface area contributed by atoms with Crippen LogP contribution in [0.2, 0.25) is 0 Å². The van der Waals surface area contributed by atoms with Gasteiger partial charge in [0.1, 0.15) is 0 Å². The molecule has 2 aliphatic rings. The quantitative estimate of drug-likeness (QED) is 0.656. The van der Waals surface area contributed by atoms with Gasteiger partial charge in [-0.15, -0.1) is 0 Å². The lowest BCUT2D eigenvalue weighted by Gasteiger charge is -2.23. The van der Waals surface area contributed by atoms with Crippen LogP contribution in [-0.4, -0.2) is 4.98 Å². The smallest absolute Gasteiger partial charge is 0.0261 e. The van der Waals surface area contributed by atoms with Gasteiger partial charge in [0.05, 0.1) is 0 Å². The predicted octanol–water partition coefficient (Wildman–Crippen LogP) is 3.67. The van der Waals surface area contributed by atoms with Gasteiger partial charge in [-0.2, -0.15) is 0 Å². The summed E-state index contributed by atoms with van der Waals surface area (Å²) in [5.74, 6) is 0.625. The van der Waals surface area contributed by atoms with Crippen LogP contribution in [-0.2, 0) is 5.41 Å². The fraction of sp³-hybridized carbons (Fsp3) is 0.429. The Hall–Kier alpha value is -1.24. The zero-order valence-electron chi connectivity index (χ0n) is 9.38. The summed E-state index contributed by atoms with van der Waals surface area (Å²) in [6.07, 6.45) is 11.4. The molecule has 1 unspecified atom stereocenters. The number of aromatic amines is 1. The molecule has 0 amide bonds. The van der Waals surface area contributed by atoms with Crippen molar-refractivity contribution in [1.29, 1.82) is 0 Å². The molecule has 78 valence electrons. The molecule has 0 aromatic carbocycles. The summed E-state index contributed by atoms with van der Waals surface area (Å²) in [5, 5.41) is 0. The maximum Gasteiger partial charge on any atom is 0.0261 e. The minimum atomic E-state index is 0.217. The van der Waals surface area contributed by atoms with Crippen LogP contribution in [0.4, 0.5) is 0 Å². The molecule has 1 N–H and O–H groups in total. The van der Waals surface area contributed by atoms with E-state index in [1.807, 2.05) is 0 Å². The Morgan fingerprint density at radius 1 is 1.40 bits per heavy atom. The van der Waals surface area contributed by atoms with Gasteiger partial charge in [-0.1, -0.05) is 37.6 Å². The molecular weight excluding hydrogens is 182 g/mol. The van der Waals surface area contributed by atoms with Crippen molar-refractivity contribution < 1.29 is 0 Å². The van der Waals surface area contributed by atoms with Crippen molar-refractivity contribution in [3.63, 3.8) is 0 Å². The first-order valence-electron chi connectivity index (χ1n) is 5.76. The topological polar surface area (TPSA) is 15.8 Å². The highest BCUT2D eigenvalue weighted by atomic mass is 14.7. The van der Waals surface area contributed by atoms with E-state index in [0.717, 1.165) is 0 Å². The van der Waals surface area contributed by atoms with Crippen molar-refractivity contribution in [2.75, 3.05) is 0 Å². The first kappa shape index (κ1) is 9.02. The zero-order chi connectivity index (χ0) is 10.5. The number of nitrogens with one attached hydrogen (secondary N) is 1. The Balaban J connectivity index is 2.20. The third-order valence-electron chi connectivity index (χ3n) is 3.93. The number of hydrogen-bond donors (Lipinski definition) is 1. The molecule has 1 atom stereocenters. The Bertz CT molecular complexity index is 446. The maximum atomic E-state index is 3.43. The second-order valence-electron chi connectivity index (χ2n) is 5.11. The van der Waals surface area contributed by atoms with Crippen molar-refractivity contribution >= 4 is 0 Å². The van der Waals surface area contributed by atoms with Gasteiger partial charge in [0.2, 0.25) is 0 Å². The van der Waals surface area contributed by atoms with Crippen molar-refractivity contribution in [1.82, 2.24) is 4.98 Å². The average Bonchev–Trinajstić information content (AvgIpc) is 2.63. The molecule has 3 rings (SSSR count). The normalized spacial score (nSPS) is 26.8. The average molecular weight is 199 g/mol. The summed E-state index contributed by atoms with van der Waals surface area (Å²) in [6.45, 7) is 4.68. The van der Waals surface area contributed by atoms with Crippen LogP contribution in [0.1, 0.15) is 43.9 Å². The molecule has 1 nitrogen and oxygen atoms in total. The molecule has 1 heterocycles. The van der Waals surface area contributed by atoms with Gasteiger partial charge in [-0.05, 0) is 24.5 Å². The molecule has 15 heavy (non-hydrogen) atoms. The summed E-state index contributed by atoms with van der Waals surface area (Å²) in [7, 11) is 0. The highest BCUT2D eigenvalue weighted by Crippen LogP contribution is 2.51. The van der Waals surface area contributed by atoms with Crippen LogP contribution in [0, 0.1) is 0 Å². The number of allylic oxidation sites excluding steroid dienone is 4. The standard InChI is InChI=1S/C14H17N/c1-14(2)11-7-5-3-4-6-10(11)13-12(14)8-9-15-13/h3,5,7-10,15H,4,6H2,1-2H3. The van der Waals surface area contributed by atoms with Crippen molar-refractivity contribution in [3.8, 4) is 0 Å². The molecular formula is C14H17N. The Morgan fingerprint density at radius 2 is 2.27 bits per heavy atom. The first-order valence-corrected chi connectivity index (χ1v) is 5.76. The maximum absolute atomic E-state index is 3.43. The van der Waals surface area contributed by atoms with Crippen LogP contribution in [0.5, 0.6) is 0 Å². The lowest BCUT2D eigenvalue weighted by Crippen LogP contribution is -2.16. The highest BCUT2D eigenvalue weighted by molar-refractivity contribution is 5.52. The van der Waals surface area contributed by atoms with Crippen LogP contribution < -0.4 is 0 Å².